The lowest BCUT2D eigenvalue weighted by Crippen LogP contribution is -2.47. The molecule has 2 nitrogen and oxygen atoms in total. The van der Waals surface area contributed by atoms with E-state index in [1.807, 2.05) is 0 Å². The van der Waals surface area contributed by atoms with Gasteiger partial charge in [0.2, 0.25) is 0 Å². The van der Waals surface area contributed by atoms with Gasteiger partial charge in [0.25, 0.3) is 0 Å². The van der Waals surface area contributed by atoms with Crippen molar-refractivity contribution in [3.05, 3.63) is 0 Å². The summed E-state index contributed by atoms with van der Waals surface area (Å²) < 4.78 is 6.24. The van der Waals surface area contributed by atoms with Crippen molar-refractivity contribution in [3.63, 3.8) is 0 Å². The van der Waals surface area contributed by atoms with Gasteiger partial charge in [-0.25, -0.2) is 0 Å². The molecule has 2 aliphatic heterocycles. The second kappa shape index (κ2) is 3.99. The van der Waals surface area contributed by atoms with Gasteiger partial charge < -0.3 is 10.1 Å². The van der Waals surface area contributed by atoms with Crippen LogP contribution in [-0.2, 0) is 4.74 Å². The van der Waals surface area contributed by atoms with Gasteiger partial charge in [0, 0.05) is 13.2 Å². The van der Waals surface area contributed by atoms with Gasteiger partial charge in [-0.1, -0.05) is 6.92 Å². The zero-order chi connectivity index (χ0) is 11.1. The van der Waals surface area contributed by atoms with Crippen molar-refractivity contribution in [2.45, 2.75) is 57.5 Å². The van der Waals surface area contributed by atoms with E-state index in [0.29, 0.717) is 5.41 Å². The van der Waals surface area contributed by atoms with E-state index in [2.05, 4.69) is 12.2 Å². The molecule has 92 valence electrons. The first-order valence-electron chi connectivity index (χ1n) is 7.07. The first-order chi connectivity index (χ1) is 7.72. The highest BCUT2D eigenvalue weighted by atomic mass is 16.5. The van der Waals surface area contributed by atoms with E-state index < -0.39 is 0 Å². The summed E-state index contributed by atoms with van der Waals surface area (Å²) in [4.78, 5) is 0. The van der Waals surface area contributed by atoms with Crippen LogP contribution in [-0.4, -0.2) is 25.3 Å². The largest absolute Gasteiger partial charge is 0.375 e. The van der Waals surface area contributed by atoms with Crippen molar-refractivity contribution < 1.29 is 4.74 Å². The molecule has 0 aromatic heterocycles. The van der Waals surface area contributed by atoms with Crippen LogP contribution in [0.3, 0.4) is 0 Å². The fourth-order valence-electron chi connectivity index (χ4n) is 4.38. The Morgan fingerprint density at radius 3 is 2.94 bits per heavy atom. The summed E-state index contributed by atoms with van der Waals surface area (Å²) in [5.41, 5.74) is 0.858. The first kappa shape index (κ1) is 11.0. The molecule has 3 rings (SSSR count). The zero-order valence-corrected chi connectivity index (χ0v) is 10.6. The third kappa shape index (κ3) is 1.91. The normalized spacial score (nSPS) is 48.9. The number of ether oxygens (including phenoxy) is 1. The second-order valence-corrected chi connectivity index (χ2v) is 6.59. The topological polar surface area (TPSA) is 21.3 Å². The molecule has 2 heterocycles. The molecule has 3 atom stereocenters. The third-order valence-corrected chi connectivity index (χ3v) is 5.11. The Hall–Kier alpha value is -0.0800. The van der Waals surface area contributed by atoms with Crippen LogP contribution in [0.1, 0.15) is 51.9 Å². The van der Waals surface area contributed by atoms with Crippen LogP contribution in [0, 0.1) is 11.3 Å². The van der Waals surface area contributed by atoms with E-state index in [1.165, 1.54) is 58.0 Å². The lowest BCUT2D eigenvalue weighted by molar-refractivity contribution is -0.139. The van der Waals surface area contributed by atoms with E-state index >= 15 is 0 Å². The zero-order valence-electron chi connectivity index (χ0n) is 10.6. The Bertz CT molecular complexity index is 255. The molecule has 2 spiro atoms. The van der Waals surface area contributed by atoms with Crippen molar-refractivity contribution in [1.82, 2.24) is 5.32 Å². The monoisotopic (exact) mass is 223 g/mol. The van der Waals surface area contributed by atoms with Gasteiger partial charge in [-0.15, -0.1) is 0 Å². The first-order valence-corrected chi connectivity index (χ1v) is 7.07. The molecule has 0 radical (unpaired) electrons. The molecule has 2 saturated heterocycles. The fourth-order valence-corrected chi connectivity index (χ4v) is 4.38. The average Bonchev–Trinajstić information content (AvgIpc) is 2.65. The number of nitrogens with one attached hydrogen (secondary N) is 1. The smallest absolute Gasteiger partial charge is 0.0690 e. The summed E-state index contributed by atoms with van der Waals surface area (Å²) in [5.74, 6) is 0.873. The average molecular weight is 223 g/mol. The number of hydrogen-bond donors (Lipinski definition) is 1. The van der Waals surface area contributed by atoms with E-state index in [-0.39, 0.29) is 5.60 Å². The molecule has 0 amide bonds. The van der Waals surface area contributed by atoms with Gasteiger partial charge >= 0.3 is 0 Å². The van der Waals surface area contributed by atoms with Crippen LogP contribution in [0.15, 0.2) is 0 Å². The SMILES string of the molecule is CC1CCOC2(CCCC3(CCNC3)C2)C1. The van der Waals surface area contributed by atoms with Crippen LogP contribution >= 0.6 is 0 Å². The van der Waals surface area contributed by atoms with Crippen LogP contribution in [0.4, 0.5) is 0 Å². The van der Waals surface area contributed by atoms with E-state index in [9.17, 15) is 0 Å². The molecular formula is C14H25NO. The van der Waals surface area contributed by atoms with Crippen molar-refractivity contribution in [2.75, 3.05) is 19.7 Å². The van der Waals surface area contributed by atoms with Gasteiger partial charge in [-0.05, 0) is 62.8 Å². The van der Waals surface area contributed by atoms with Crippen molar-refractivity contribution in [2.24, 2.45) is 11.3 Å². The fraction of sp³-hybridized carbons (Fsp3) is 1.00. The standard InChI is InChI=1S/C14H25NO/c1-12-3-8-16-14(9-12)5-2-4-13(10-14)6-7-15-11-13/h12,15H,2-11H2,1H3. The van der Waals surface area contributed by atoms with Crippen LogP contribution in [0.2, 0.25) is 0 Å². The molecule has 1 aliphatic carbocycles. The summed E-state index contributed by atoms with van der Waals surface area (Å²) in [6.45, 7) is 5.88. The molecule has 3 fully saturated rings. The van der Waals surface area contributed by atoms with Crippen LogP contribution in [0.5, 0.6) is 0 Å². The van der Waals surface area contributed by atoms with E-state index in [1.54, 1.807) is 0 Å². The van der Waals surface area contributed by atoms with Crippen molar-refractivity contribution in [3.8, 4) is 0 Å². The predicted octanol–water partition coefficient (Wildman–Crippen LogP) is 2.73. The van der Waals surface area contributed by atoms with Gasteiger partial charge in [-0.2, -0.15) is 0 Å². The van der Waals surface area contributed by atoms with Gasteiger partial charge in [0.1, 0.15) is 0 Å². The van der Waals surface area contributed by atoms with Crippen molar-refractivity contribution >= 4 is 0 Å². The Kier molecular flexibility index (Phi) is 2.75. The van der Waals surface area contributed by atoms with Crippen LogP contribution in [0.25, 0.3) is 0 Å². The van der Waals surface area contributed by atoms with E-state index in [4.69, 9.17) is 4.74 Å². The maximum atomic E-state index is 6.24. The molecule has 1 N–H and O–H groups in total. The predicted molar refractivity (Wildman–Crippen MR) is 65.5 cm³/mol. The van der Waals surface area contributed by atoms with Crippen LogP contribution < -0.4 is 5.32 Å². The molecule has 16 heavy (non-hydrogen) atoms. The Morgan fingerprint density at radius 2 is 2.19 bits per heavy atom. The molecule has 1 saturated carbocycles. The van der Waals surface area contributed by atoms with E-state index in [0.717, 1.165) is 12.5 Å². The lowest BCUT2D eigenvalue weighted by Gasteiger charge is -2.49. The molecule has 0 aromatic carbocycles. The molecule has 2 heteroatoms. The quantitative estimate of drug-likeness (QED) is 0.682. The minimum absolute atomic E-state index is 0.266. The van der Waals surface area contributed by atoms with Gasteiger partial charge in [0.15, 0.2) is 0 Å². The Balaban J connectivity index is 1.75. The number of rotatable bonds is 0. The second-order valence-electron chi connectivity index (χ2n) is 6.59. The minimum atomic E-state index is 0.266. The highest BCUT2D eigenvalue weighted by Gasteiger charge is 2.48. The Labute approximate surface area is 99.1 Å². The molecule has 0 aromatic rings. The molecule has 0 bridgehead atoms. The molecule has 3 aliphatic rings. The van der Waals surface area contributed by atoms with Crippen molar-refractivity contribution in [1.29, 1.82) is 0 Å². The number of hydrogen-bond acceptors (Lipinski definition) is 2. The Morgan fingerprint density at radius 1 is 1.25 bits per heavy atom. The molecular weight excluding hydrogens is 198 g/mol. The van der Waals surface area contributed by atoms with Gasteiger partial charge in [-0.3, -0.25) is 0 Å². The summed E-state index contributed by atoms with van der Waals surface area (Å²) in [7, 11) is 0. The lowest BCUT2D eigenvalue weighted by atomic mass is 9.64. The minimum Gasteiger partial charge on any atom is -0.375 e. The van der Waals surface area contributed by atoms with Gasteiger partial charge in [0.05, 0.1) is 5.60 Å². The maximum absolute atomic E-state index is 6.24. The third-order valence-electron chi connectivity index (χ3n) is 5.11. The maximum Gasteiger partial charge on any atom is 0.0690 e. The highest BCUT2D eigenvalue weighted by molar-refractivity contribution is 5.01. The molecule has 3 unspecified atom stereocenters. The summed E-state index contributed by atoms with van der Waals surface area (Å²) in [5, 5.41) is 3.56. The summed E-state index contributed by atoms with van der Waals surface area (Å²) in [6, 6.07) is 0. The summed E-state index contributed by atoms with van der Waals surface area (Å²) >= 11 is 0. The summed E-state index contributed by atoms with van der Waals surface area (Å²) in [6.07, 6.45) is 9.43. The highest BCUT2D eigenvalue weighted by Crippen LogP contribution is 2.50.